The van der Waals surface area contributed by atoms with Crippen LogP contribution in [0.1, 0.15) is 131 Å². The first kappa shape index (κ1) is 90.7. The Morgan fingerprint density at radius 1 is 0.403 bits per heavy atom. The normalized spacial score (nSPS) is 12.0. The molecular formula is C95H116N16O13. The zero-order chi connectivity index (χ0) is 86.9. The fourth-order valence-corrected chi connectivity index (χ4v) is 14.3. The molecule has 1 fully saturated rings. The quantitative estimate of drug-likeness (QED) is 0.0259. The number of pyridine rings is 2. The van der Waals surface area contributed by atoms with Crippen LogP contribution >= 0.6 is 0 Å². The van der Waals surface area contributed by atoms with Gasteiger partial charge in [-0.2, -0.15) is 19.9 Å². The number of hydrogen-bond donors (Lipinski definition) is 4. The van der Waals surface area contributed by atoms with Gasteiger partial charge in [-0.05, 0) is 277 Å². The Labute approximate surface area is 724 Å². The van der Waals surface area contributed by atoms with Gasteiger partial charge in [0.2, 0.25) is 23.3 Å². The summed E-state index contributed by atoms with van der Waals surface area (Å²) in [6.07, 6.45) is 15.0. The van der Waals surface area contributed by atoms with Gasteiger partial charge in [-0.3, -0.25) is 14.9 Å². The fourth-order valence-electron chi connectivity index (χ4n) is 14.3. The third-order valence-electron chi connectivity index (χ3n) is 20.7. The number of likely N-dealkylation sites (N-methyl/N-ethyl adjacent to an activating group) is 1. The molecule has 4 N–H and O–H groups in total. The second-order valence-electron chi connectivity index (χ2n) is 28.9. The maximum Gasteiger partial charge on any atom is 0.258 e. The van der Waals surface area contributed by atoms with Crippen LogP contribution in [0.3, 0.4) is 0 Å². The van der Waals surface area contributed by atoms with Gasteiger partial charge < -0.3 is 86.2 Å². The minimum absolute atomic E-state index is 0.0951. The van der Waals surface area contributed by atoms with E-state index in [0.717, 1.165) is 133 Å². The Morgan fingerprint density at radius 3 is 1.21 bits per heavy atom. The number of nitrogens with one attached hydrogen (secondary N) is 3. The van der Waals surface area contributed by atoms with Gasteiger partial charge in [0, 0.05) is 129 Å². The Kier molecular flexibility index (Phi) is 34.1. The highest BCUT2D eigenvalue weighted by Gasteiger charge is 2.23. The predicted molar refractivity (Wildman–Crippen MR) is 480 cm³/mol. The maximum atomic E-state index is 9.21. The van der Waals surface area contributed by atoms with E-state index in [2.05, 4.69) is 151 Å². The van der Waals surface area contributed by atoms with E-state index in [-0.39, 0.29) is 6.61 Å². The standard InChI is InChI=1S/C27H35N5O3.C25H28N4O3.C25H34N4O3.C18H19N3O4/c1-5-32(6-2)14-13-28-17-21-18-29-23-11-9-19(15-22(21)23)26-30-27(35-31-26)20-10-12-24(33-7-3)25(16-20)34-8-4;1-3-30-22-10-8-18(14-23(22)31-4-2)25-27-24(28-32-25)17-7-9-21-20(13-17)19(15-26-21)16-29-11-5-6-12-29;1-5-29(6-2)16-10-9-11-21-17-19(14-15-26-21)24-27-25(32-28-24)20-12-13-22(30-7-3)23(18-20)31-8-4;1-3-23-15-6-5-13(8-16(15)24-4-2)18-20-17(21-25-18)14-7-12(11-22)9-19-10-14/h9-12,15-16,18,28-29H,5-8,13-14,17H2,1-4H3;7-10,13-15,26H,3-6,11-12,16H2,1-2H3;12-15,17-18H,5-11,16H2,1-4H3;5-10,22H,3-4,11H2,1-2H3. The lowest BCUT2D eigenvalue weighted by molar-refractivity contribution is 0.281. The molecule has 124 heavy (non-hydrogen) atoms. The minimum atomic E-state index is -0.0951. The second-order valence-corrected chi connectivity index (χ2v) is 28.9. The predicted octanol–water partition coefficient (Wildman–Crippen LogP) is 18.7. The van der Waals surface area contributed by atoms with Crippen LogP contribution in [0.5, 0.6) is 46.0 Å². The lowest BCUT2D eigenvalue weighted by Crippen LogP contribution is -2.31. The van der Waals surface area contributed by atoms with Crippen molar-refractivity contribution in [1.29, 1.82) is 0 Å². The Morgan fingerprint density at radius 2 is 0.790 bits per heavy atom. The van der Waals surface area contributed by atoms with Gasteiger partial charge in [-0.25, -0.2) is 0 Å². The average Bonchev–Trinajstić information content (AvgIpc) is 1.68. The van der Waals surface area contributed by atoms with Crippen molar-refractivity contribution in [3.8, 4) is 137 Å². The van der Waals surface area contributed by atoms with Gasteiger partial charge in [-0.15, -0.1) is 0 Å². The molecule has 1 aliphatic rings. The molecule has 0 unspecified atom stereocenters. The number of unbranched alkanes of at least 4 members (excludes halogenated alkanes) is 1. The first-order valence-electron chi connectivity index (χ1n) is 43.4. The molecule has 8 aromatic heterocycles. The molecule has 15 rings (SSSR count). The topological polar surface area (TPSA) is 329 Å². The monoisotopic (exact) mass is 1690 g/mol. The number of fused-ring (bicyclic) bond motifs is 2. The third-order valence-corrected chi connectivity index (χ3v) is 20.7. The van der Waals surface area contributed by atoms with Crippen molar-refractivity contribution in [2.75, 3.05) is 112 Å². The number of rotatable bonds is 41. The van der Waals surface area contributed by atoms with Gasteiger partial charge >= 0.3 is 0 Å². The van der Waals surface area contributed by atoms with Crippen LogP contribution in [0.2, 0.25) is 0 Å². The lowest BCUT2D eigenvalue weighted by Gasteiger charge is -2.17. The van der Waals surface area contributed by atoms with Crippen molar-refractivity contribution in [2.45, 2.75) is 135 Å². The first-order valence-corrected chi connectivity index (χ1v) is 43.4. The van der Waals surface area contributed by atoms with Crippen LogP contribution in [0, 0.1) is 0 Å². The number of hydrogen-bond acceptors (Lipinski definition) is 27. The molecule has 29 nitrogen and oxygen atoms in total. The highest BCUT2D eigenvalue weighted by molar-refractivity contribution is 5.88. The molecule has 0 aliphatic carbocycles. The minimum Gasteiger partial charge on any atom is -0.490 e. The van der Waals surface area contributed by atoms with Gasteiger partial charge in [-0.1, -0.05) is 48.3 Å². The van der Waals surface area contributed by atoms with Crippen LogP contribution in [0.25, 0.3) is 113 Å². The summed E-state index contributed by atoms with van der Waals surface area (Å²) in [4.78, 5) is 41.0. The molecule has 654 valence electrons. The largest absolute Gasteiger partial charge is 0.490 e. The molecule has 6 aromatic carbocycles. The highest BCUT2D eigenvalue weighted by Crippen LogP contribution is 2.39. The number of likely N-dealkylation sites (tertiary alicyclic amines) is 1. The number of ether oxygens (including phenoxy) is 8. The van der Waals surface area contributed by atoms with E-state index in [1.165, 1.54) is 48.9 Å². The number of aromatic nitrogens is 12. The van der Waals surface area contributed by atoms with Crippen molar-refractivity contribution >= 4 is 21.8 Å². The van der Waals surface area contributed by atoms with E-state index in [4.69, 9.17) is 56.0 Å². The van der Waals surface area contributed by atoms with E-state index in [1.54, 1.807) is 18.5 Å². The zero-order valence-electron chi connectivity index (χ0n) is 73.3. The van der Waals surface area contributed by atoms with E-state index in [1.807, 2.05) is 153 Å². The van der Waals surface area contributed by atoms with E-state index in [9.17, 15) is 5.11 Å². The van der Waals surface area contributed by atoms with Gasteiger partial charge in [0.25, 0.3) is 23.6 Å². The Hall–Kier alpha value is -12.5. The summed E-state index contributed by atoms with van der Waals surface area (Å²) in [6, 6.07) is 40.6. The average molecular weight is 1690 g/mol. The molecule has 0 atom stereocenters. The Balaban J connectivity index is 0.000000152. The van der Waals surface area contributed by atoms with Crippen molar-refractivity contribution in [3.63, 3.8) is 0 Å². The number of benzene rings is 6. The summed E-state index contributed by atoms with van der Waals surface area (Å²) in [6.45, 7) is 40.3. The third kappa shape index (κ3) is 24.2. The molecule has 0 radical (unpaired) electrons. The number of nitrogens with zero attached hydrogens (tertiary/aromatic N) is 13. The van der Waals surface area contributed by atoms with Crippen LogP contribution in [-0.2, 0) is 26.1 Å². The molecule has 0 spiro atoms. The number of aromatic amines is 2. The highest BCUT2D eigenvalue weighted by atomic mass is 16.5. The van der Waals surface area contributed by atoms with Crippen molar-refractivity contribution < 1.29 is 61.1 Å². The van der Waals surface area contributed by atoms with E-state index >= 15 is 0 Å². The smallest absolute Gasteiger partial charge is 0.258 e. The molecule has 0 bridgehead atoms. The number of aliphatic hydroxyl groups excluding tert-OH is 1. The second kappa shape index (κ2) is 46.6. The van der Waals surface area contributed by atoms with E-state index < -0.39 is 0 Å². The lowest BCUT2D eigenvalue weighted by atomic mass is 10.1. The van der Waals surface area contributed by atoms with Gasteiger partial charge in [0.1, 0.15) is 0 Å². The summed E-state index contributed by atoms with van der Waals surface area (Å²) >= 11 is 0. The molecule has 29 heteroatoms. The summed E-state index contributed by atoms with van der Waals surface area (Å²) < 4.78 is 67.4. The first-order chi connectivity index (χ1) is 60.8. The van der Waals surface area contributed by atoms with Gasteiger partial charge in [0.15, 0.2) is 46.0 Å². The van der Waals surface area contributed by atoms with Crippen molar-refractivity contribution in [3.05, 3.63) is 181 Å². The van der Waals surface area contributed by atoms with Crippen LogP contribution in [0.15, 0.2) is 176 Å². The zero-order valence-corrected chi connectivity index (χ0v) is 73.3. The summed E-state index contributed by atoms with van der Waals surface area (Å²) in [7, 11) is 0. The van der Waals surface area contributed by atoms with Crippen LogP contribution in [0.4, 0.5) is 0 Å². The van der Waals surface area contributed by atoms with E-state index in [0.29, 0.717) is 157 Å². The molecule has 1 aliphatic heterocycles. The molecule has 1 saturated heterocycles. The molecule has 14 aromatic rings. The fraction of sp³-hybridized carbons (Fsp3) is 0.389. The molecule has 9 heterocycles. The maximum absolute atomic E-state index is 9.21. The van der Waals surface area contributed by atoms with Crippen molar-refractivity contribution in [1.82, 2.24) is 80.5 Å². The number of aliphatic hydroxyl groups is 1. The number of H-pyrrole nitrogens is 2. The SMILES string of the molecule is CCOc1ccc(-c2nc(-c3ccc4[nH]cc(CN5CCCC5)c4c3)no2)cc1OCC.CCOc1ccc(-c2nc(-c3ccc4[nH]cc(CNCCN(CC)CC)c4c3)no2)cc1OCC.CCOc1ccc(-c2nc(-c3ccnc(CCCCN(CC)CC)c3)no2)cc1OCC.CCOc1ccc(-c2nc(-c3cncc(CO)c3)no2)cc1OCC. The van der Waals surface area contributed by atoms with Crippen LogP contribution in [-0.4, -0.2) is 192 Å². The molecule has 0 saturated carbocycles. The van der Waals surface area contributed by atoms with Crippen molar-refractivity contribution in [2.24, 2.45) is 0 Å². The molecular weight excluding hydrogens is 1570 g/mol. The van der Waals surface area contributed by atoms with Gasteiger partial charge in [0.05, 0.1) is 59.5 Å². The molecule has 0 amide bonds. The number of aryl methyl sites for hydroxylation is 1. The summed E-state index contributed by atoms with van der Waals surface area (Å²) in [5, 5.41) is 31.8. The van der Waals surface area contributed by atoms with Crippen LogP contribution < -0.4 is 43.2 Å². The summed E-state index contributed by atoms with van der Waals surface area (Å²) in [5.74, 6) is 9.22. The summed E-state index contributed by atoms with van der Waals surface area (Å²) in [5.41, 5.74) is 13.0. The Bertz CT molecular complexity index is 5610.